The molecule has 1 aromatic carbocycles. The van der Waals surface area contributed by atoms with E-state index in [9.17, 15) is 0 Å². The van der Waals surface area contributed by atoms with Crippen LogP contribution in [0.2, 0.25) is 0 Å². The van der Waals surface area contributed by atoms with Crippen LogP contribution in [-0.2, 0) is 63.3 Å². The van der Waals surface area contributed by atoms with Gasteiger partial charge < -0.3 is 61.6 Å². The quantitative estimate of drug-likeness (QED) is 0.0577. The number of benzene rings is 1. The van der Waals surface area contributed by atoms with Crippen molar-refractivity contribution in [3.63, 3.8) is 0 Å². The molecule has 0 spiro atoms. The third-order valence-corrected chi connectivity index (χ3v) is 11.5. The second-order valence-electron chi connectivity index (χ2n) is 17.7. The minimum absolute atomic E-state index is 0.512. The Morgan fingerprint density at radius 2 is 0.435 bits per heavy atom. The molecule has 0 aliphatic heterocycles. The van der Waals surface area contributed by atoms with E-state index in [0.29, 0.717) is 159 Å². The standard InChI is InChI=1S/C56H106O13/c1-3-5-7-9-11-12-13-14-15-16-17-18-19-20-22-24-30-57-31-32-58-33-34-59-35-36-60-37-38-61-39-40-62-41-42-63-43-44-64-45-46-65-47-48-66-49-50-67-51-52-68-53-54-69-56-28-26-55(27-29-56)25-23-21-10-8-6-4-2/h26-29H,3-25,30-54H2,1-2H3. The molecule has 0 unspecified atom stereocenters. The third-order valence-electron chi connectivity index (χ3n) is 11.5. The van der Waals surface area contributed by atoms with Crippen molar-refractivity contribution >= 4 is 0 Å². The summed E-state index contributed by atoms with van der Waals surface area (Å²) in [6, 6.07) is 8.45. The SMILES string of the molecule is CCCCCCCCCCCCCCCCCCOCCOCCOCCOCCOCCOCCOCCOCCOCCOCCOCCOCCOc1ccc(CCCCCCCC)cc1. The van der Waals surface area contributed by atoms with Crippen LogP contribution >= 0.6 is 0 Å². The molecule has 0 aliphatic rings. The molecule has 0 N–H and O–H groups in total. The van der Waals surface area contributed by atoms with E-state index in [1.165, 1.54) is 140 Å². The van der Waals surface area contributed by atoms with Gasteiger partial charge in [0.1, 0.15) is 12.4 Å². The molecule has 0 bridgehead atoms. The Balaban J connectivity index is 1.63. The summed E-state index contributed by atoms with van der Waals surface area (Å²) in [5.41, 5.74) is 1.38. The molecular weight excluding hydrogens is 881 g/mol. The minimum atomic E-state index is 0.512. The monoisotopic (exact) mass is 987 g/mol. The molecule has 69 heavy (non-hydrogen) atoms. The van der Waals surface area contributed by atoms with Gasteiger partial charge in [-0.05, 0) is 37.0 Å². The zero-order valence-electron chi connectivity index (χ0n) is 44.6. The van der Waals surface area contributed by atoms with E-state index < -0.39 is 0 Å². The molecule has 0 saturated carbocycles. The summed E-state index contributed by atoms with van der Waals surface area (Å²) in [5.74, 6) is 0.886. The zero-order valence-corrected chi connectivity index (χ0v) is 44.6. The Kier molecular flexibility index (Phi) is 56.2. The molecule has 0 radical (unpaired) electrons. The third kappa shape index (κ3) is 54.2. The van der Waals surface area contributed by atoms with Crippen molar-refractivity contribution in [2.75, 3.05) is 165 Å². The van der Waals surface area contributed by atoms with E-state index in [2.05, 4.69) is 38.1 Å². The van der Waals surface area contributed by atoms with Crippen molar-refractivity contribution in [3.8, 4) is 5.75 Å². The summed E-state index contributed by atoms with van der Waals surface area (Å²) in [6.07, 6.45) is 31.3. The zero-order chi connectivity index (χ0) is 49.1. The van der Waals surface area contributed by atoms with Crippen LogP contribution in [-0.4, -0.2) is 165 Å². The van der Waals surface area contributed by atoms with Gasteiger partial charge in [-0.25, -0.2) is 0 Å². The summed E-state index contributed by atoms with van der Waals surface area (Å²) >= 11 is 0. The van der Waals surface area contributed by atoms with Crippen LogP contribution < -0.4 is 4.74 Å². The van der Waals surface area contributed by atoms with E-state index >= 15 is 0 Å². The number of hydrogen-bond donors (Lipinski definition) is 0. The molecule has 13 nitrogen and oxygen atoms in total. The van der Waals surface area contributed by atoms with Gasteiger partial charge in [0.05, 0.1) is 152 Å². The van der Waals surface area contributed by atoms with Crippen LogP contribution in [0.5, 0.6) is 5.75 Å². The molecule has 0 aromatic heterocycles. The maximum Gasteiger partial charge on any atom is 0.119 e. The van der Waals surface area contributed by atoms with Crippen molar-refractivity contribution in [1.82, 2.24) is 0 Å². The Labute approximate surface area is 422 Å². The number of hydrogen-bond acceptors (Lipinski definition) is 13. The lowest BCUT2D eigenvalue weighted by molar-refractivity contribution is -0.0285. The molecule has 0 saturated heterocycles. The van der Waals surface area contributed by atoms with Crippen molar-refractivity contribution in [3.05, 3.63) is 29.8 Å². The minimum Gasteiger partial charge on any atom is -0.491 e. The molecule has 408 valence electrons. The highest BCUT2D eigenvalue weighted by atomic mass is 16.6. The maximum absolute atomic E-state index is 5.79. The summed E-state index contributed by atoms with van der Waals surface area (Å²) in [4.78, 5) is 0. The second-order valence-corrected chi connectivity index (χ2v) is 17.7. The smallest absolute Gasteiger partial charge is 0.119 e. The van der Waals surface area contributed by atoms with E-state index in [1.807, 2.05) is 0 Å². The lowest BCUT2D eigenvalue weighted by Gasteiger charge is -2.09. The Hall–Kier alpha value is -1.46. The molecular formula is C56H106O13. The average Bonchev–Trinajstić information content (AvgIpc) is 3.37. The summed E-state index contributed by atoms with van der Waals surface area (Å²) < 4.78 is 72.7. The van der Waals surface area contributed by atoms with E-state index in [4.69, 9.17) is 61.6 Å². The van der Waals surface area contributed by atoms with Crippen LogP contribution in [0, 0.1) is 0 Å². The summed E-state index contributed by atoms with van der Waals surface area (Å²) in [7, 11) is 0. The van der Waals surface area contributed by atoms with Gasteiger partial charge in [-0.3, -0.25) is 0 Å². The van der Waals surface area contributed by atoms with E-state index in [-0.39, 0.29) is 0 Å². The van der Waals surface area contributed by atoms with Gasteiger partial charge in [0.15, 0.2) is 0 Å². The molecule has 0 amide bonds. The molecule has 1 rings (SSSR count). The fraction of sp³-hybridized carbons (Fsp3) is 0.893. The van der Waals surface area contributed by atoms with Gasteiger partial charge in [0.25, 0.3) is 0 Å². The van der Waals surface area contributed by atoms with Crippen LogP contribution in [0.25, 0.3) is 0 Å². The maximum atomic E-state index is 5.79. The number of rotatable bonds is 61. The molecule has 0 heterocycles. The first-order chi connectivity index (χ1) is 34.4. The largest absolute Gasteiger partial charge is 0.491 e. The topological polar surface area (TPSA) is 120 Å². The fourth-order valence-corrected chi connectivity index (χ4v) is 7.35. The van der Waals surface area contributed by atoms with Gasteiger partial charge in [0, 0.05) is 6.61 Å². The number of ether oxygens (including phenoxy) is 13. The molecule has 0 atom stereocenters. The van der Waals surface area contributed by atoms with Gasteiger partial charge >= 0.3 is 0 Å². The van der Waals surface area contributed by atoms with Gasteiger partial charge in [-0.2, -0.15) is 0 Å². The Morgan fingerprint density at radius 1 is 0.217 bits per heavy atom. The predicted molar refractivity (Wildman–Crippen MR) is 278 cm³/mol. The van der Waals surface area contributed by atoms with Crippen LogP contribution in [0.4, 0.5) is 0 Å². The highest BCUT2D eigenvalue weighted by Gasteiger charge is 2.01. The Bertz CT molecular complexity index is 1070. The van der Waals surface area contributed by atoms with Gasteiger partial charge in [0.2, 0.25) is 0 Å². The van der Waals surface area contributed by atoms with Crippen LogP contribution in [0.15, 0.2) is 24.3 Å². The second kappa shape index (κ2) is 59.1. The Morgan fingerprint density at radius 3 is 0.710 bits per heavy atom. The van der Waals surface area contributed by atoms with Crippen LogP contribution in [0.3, 0.4) is 0 Å². The number of aryl methyl sites for hydroxylation is 1. The van der Waals surface area contributed by atoms with E-state index in [0.717, 1.165) is 25.2 Å². The van der Waals surface area contributed by atoms with Gasteiger partial charge in [-0.1, -0.05) is 154 Å². The number of unbranched alkanes of at least 4 members (excludes halogenated alkanes) is 20. The van der Waals surface area contributed by atoms with Crippen molar-refractivity contribution in [2.24, 2.45) is 0 Å². The highest BCUT2D eigenvalue weighted by Crippen LogP contribution is 2.16. The lowest BCUT2D eigenvalue weighted by atomic mass is 10.0. The first kappa shape index (κ1) is 65.6. The highest BCUT2D eigenvalue weighted by molar-refractivity contribution is 5.27. The molecule has 0 aliphatic carbocycles. The summed E-state index contributed by atoms with van der Waals surface area (Å²) in [6.45, 7) is 18.2. The first-order valence-corrected chi connectivity index (χ1v) is 28.0. The van der Waals surface area contributed by atoms with Crippen molar-refractivity contribution < 1.29 is 61.6 Å². The van der Waals surface area contributed by atoms with Crippen molar-refractivity contribution in [1.29, 1.82) is 0 Å². The van der Waals surface area contributed by atoms with Crippen LogP contribution in [0.1, 0.15) is 161 Å². The fourth-order valence-electron chi connectivity index (χ4n) is 7.35. The first-order valence-electron chi connectivity index (χ1n) is 28.0. The van der Waals surface area contributed by atoms with Gasteiger partial charge in [-0.15, -0.1) is 0 Å². The summed E-state index contributed by atoms with van der Waals surface area (Å²) in [5, 5.41) is 0. The normalized spacial score (nSPS) is 11.6. The van der Waals surface area contributed by atoms with Crippen molar-refractivity contribution in [2.45, 2.75) is 162 Å². The lowest BCUT2D eigenvalue weighted by Crippen LogP contribution is -2.15. The molecule has 13 heteroatoms. The van der Waals surface area contributed by atoms with E-state index in [1.54, 1.807) is 0 Å². The predicted octanol–water partition coefficient (Wildman–Crippen LogP) is 11.4. The molecule has 1 aromatic rings. The average molecular weight is 987 g/mol. The molecule has 0 fully saturated rings.